The third kappa shape index (κ3) is 5.34. The summed E-state index contributed by atoms with van der Waals surface area (Å²) < 4.78 is 4.42. The minimum absolute atomic E-state index is 0.0425. The Morgan fingerprint density at radius 1 is 1.22 bits per heavy atom. The van der Waals surface area contributed by atoms with Gasteiger partial charge in [-0.05, 0) is 13.3 Å². The fraction of sp³-hybridized carbons (Fsp3) is 0.857. The van der Waals surface area contributed by atoms with Crippen LogP contribution in [0.4, 0.5) is 5.13 Å². The number of unbranched alkanes of at least 4 members (excludes halogenated alkanes) is 3. The van der Waals surface area contributed by atoms with Crippen molar-refractivity contribution in [2.24, 2.45) is 0 Å². The van der Waals surface area contributed by atoms with Gasteiger partial charge in [-0.25, -0.2) is 4.98 Å². The van der Waals surface area contributed by atoms with Crippen LogP contribution < -0.4 is 5.32 Å². The molecule has 0 aliphatic heterocycles. The molecule has 0 amide bonds. The lowest BCUT2D eigenvalue weighted by atomic mass is 9.96. The second-order valence-electron chi connectivity index (χ2n) is 6.07. The maximum Gasteiger partial charge on any atom is 0.202 e. The molecule has 1 N–H and O–H groups in total. The number of anilines is 1. The Bertz CT molecular complexity index is 341. The van der Waals surface area contributed by atoms with Crippen molar-refractivity contribution >= 4 is 16.7 Å². The first-order valence-corrected chi connectivity index (χ1v) is 7.81. The van der Waals surface area contributed by atoms with E-state index in [4.69, 9.17) is 0 Å². The first-order chi connectivity index (χ1) is 8.43. The van der Waals surface area contributed by atoms with Crippen molar-refractivity contribution in [3.63, 3.8) is 0 Å². The molecule has 1 atom stereocenters. The van der Waals surface area contributed by atoms with Crippen LogP contribution >= 0.6 is 11.5 Å². The monoisotopic (exact) mass is 269 g/mol. The lowest BCUT2D eigenvalue weighted by Crippen LogP contribution is -2.16. The molecule has 3 nitrogen and oxygen atoms in total. The molecule has 1 unspecified atom stereocenters. The molecule has 0 saturated carbocycles. The molecule has 1 heterocycles. The van der Waals surface area contributed by atoms with Gasteiger partial charge in [0, 0.05) is 23.0 Å². The van der Waals surface area contributed by atoms with E-state index in [0.29, 0.717) is 6.04 Å². The molecular formula is C14H27N3S. The first kappa shape index (κ1) is 15.4. The average Bonchev–Trinajstić information content (AvgIpc) is 2.72. The number of hydrogen-bond acceptors (Lipinski definition) is 4. The quantitative estimate of drug-likeness (QED) is 0.735. The molecule has 0 aliphatic rings. The van der Waals surface area contributed by atoms with E-state index in [1.165, 1.54) is 43.6 Å². The van der Waals surface area contributed by atoms with Crippen LogP contribution in [0.15, 0.2) is 0 Å². The molecule has 0 bridgehead atoms. The predicted octanol–water partition coefficient (Wildman–Crippen LogP) is 4.61. The van der Waals surface area contributed by atoms with Gasteiger partial charge in [0.25, 0.3) is 0 Å². The van der Waals surface area contributed by atoms with Crippen molar-refractivity contribution in [1.82, 2.24) is 9.36 Å². The molecule has 0 radical (unpaired) electrons. The Labute approximate surface area is 116 Å². The fourth-order valence-electron chi connectivity index (χ4n) is 1.75. The zero-order chi connectivity index (χ0) is 13.6. The second kappa shape index (κ2) is 7.07. The number of aromatic nitrogens is 2. The van der Waals surface area contributed by atoms with Crippen molar-refractivity contribution in [2.45, 2.75) is 78.2 Å². The van der Waals surface area contributed by atoms with Crippen LogP contribution in [0.1, 0.15) is 72.5 Å². The van der Waals surface area contributed by atoms with E-state index in [1.807, 2.05) is 0 Å². The zero-order valence-electron chi connectivity index (χ0n) is 12.4. The van der Waals surface area contributed by atoms with Gasteiger partial charge >= 0.3 is 0 Å². The Morgan fingerprint density at radius 3 is 2.50 bits per heavy atom. The van der Waals surface area contributed by atoms with Crippen molar-refractivity contribution in [3.05, 3.63) is 5.82 Å². The summed E-state index contributed by atoms with van der Waals surface area (Å²) in [5.41, 5.74) is 0.0425. The van der Waals surface area contributed by atoms with Gasteiger partial charge in [0.1, 0.15) is 5.82 Å². The molecule has 1 rings (SSSR count). The van der Waals surface area contributed by atoms with Gasteiger partial charge in [-0.1, -0.05) is 53.4 Å². The highest BCUT2D eigenvalue weighted by atomic mass is 32.1. The van der Waals surface area contributed by atoms with Crippen LogP contribution in [0.2, 0.25) is 0 Å². The number of nitrogens with one attached hydrogen (secondary N) is 1. The molecule has 0 fully saturated rings. The molecule has 0 saturated heterocycles. The number of hydrogen-bond donors (Lipinski definition) is 1. The minimum atomic E-state index is 0.0425. The topological polar surface area (TPSA) is 37.8 Å². The molecule has 18 heavy (non-hydrogen) atoms. The Kier molecular flexibility index (Phi) is 6.06. The highest BCUT2D eigenvalue weighted by Crippen LogP contribution is 2.23. The van der Waals surface area contributed by atoms with Crippen molar-refractivity contribution in [3.8, 4) is 0 Å². The summed E-state index contributed by atoms with van der Waals surface area (Å²) in [5.74, 6) is 0.938. The van der Waals surface area contributed by atoms with Crippen LogP contribution in [0.25, 0.3) is 0 Å². The summed E-state index contributed by atoms with van der Waals surface area (Å²) in [6.45, 7) is 10.9. The van der Waals surface area contributed by atoms with E-state index in [9.17, 15) is 0 Å². The van der Waals surface area contributed by atoms with Crippen molar-refractivity contribution in [2.75, 3.05) is 5.32 Å². The molecule has 0 aliphatic carbocycles. The predicted molar refractivity (Wildman–Crippen MR) is 80.5 cm³/mol. The summed E-state index contributed by atoms with van der Waals surface area (Å²) in [5, 5.41) is 4.42. The van der Waals surface area contributed by atoms with E-state index in [2.05, 4.69) is 49.3 Å². The summed E-state index contributed by atoms with van der Waals surface area (Å²) in [4.78, 5) is 4.56. The Morgan fingerprint density at radius 2 is 1.94 bits per heavy atom. The largest absolute Gasteiger partial charge is 0.358 e. The van der Waals surface area contributed by atoms with Crippen LogP contribution in [0.3, 0.4) is 0 Å². The second-order valence-corrected chi connectivity index (χ2v) is 6.82. The highest BCUT2D eigenvalue weighted by molar-refractivity contribution is 7.09. The third-order valence-electron chi connectivity index (χ3n) is 2.96. The summed E-state index contributed by atoms with van der Waals surface area (Å²) >= 11 is 1.48. The highest BCUT2D eigenvalue weighted by Gasteiger charge is 2.19. The van der Waals surface area contributed by atoms with Gasteiger partial charge in [0.2, 0.25) is 5.13 Å². The van der Waals surface area contributed by atoms with Gasteiger partial charge in [0.15, 0.2) is 0 Å². The molecule has 1 aromatic heterocycles. The molecule has 0 spiro atoms. The van der Waals surface area contributed by atoms with Gasteiger partial charge in [-0.3, -0.25) is 0 Å². The zero-order valence-corrected chi connectivity index (χ0v) is 13.2. The summed E-state index contributed by atoms with van der Waals surface area (Å²) in [6.07, 6.45) is 6.50. The smallest absolute Gasteiger partial charge is 0.202 e. The normalized spacial score (nSPS) is 13.6. The number of nitrogens with zero attached hydrogens (tertiary/aromatic N) is 2. The van der Waals surface area contributed by atoms with E-state index in [1.54, 1.807) is 0 Å². The SMILES string of the molecule is CCCCCCC(C)Nc1nc(C(C)(C)C)ns1. The maximum atomic E-state index is 4.56. The molecule has 4 heteroatoms. The molecule has 0 aromatic carbocycles. The van der Waals surface area contributed by atoms with Crippen molar-refractivity contribution < 1.29 is 0 Å². The van der Waals surface area contributed by atoms with E-state index in [0.717, 1.165) is 11.0 Å². The first-order valence-electron chi connectivity index (χ1n) is 7.04. The Hall–Kier alpha value is -0.640. The third-order valence-corrected chi connectivity index (χ3v) is 3.60. The molecule has 1 aromatic rings. The van der Waals surface area contributed by atoms with E-state index < -0.39 is 0 Å². The standard InChI is InChI=1S/C14H27N3S/c1-6-7-8-9-10-11(2)15-13-16-12(17-18-13)14(3,4)5/h11H,6-10H2,1-5H3,(H,15,16,17). The van der Waals surface area contributed by atoms with Crippen molar-refractivity contribution in [1.29, 1.82) is 0 Å². The van der Waals surface area contributed by atoms with Crippen LogP contribution in [-0.4, -0.2) is 15.4 Å². The number of rotatable bonds is 7. The summed E-state index contributed by atoms with van der Waals surface area (Å²) in [6, 6.07) is 0.489. The maximum absolute atomic E-state index is 4.56. The van der Waals surface area contributed by atoms with Gasteiger partial charge in [-0.15, -0.1) is 0 Å². The van der Waals surface area contributed by atoms with Crippen LogP contribution in [-0.2, 0) is 5.41 Å². The van der Waals surface area contributed by atoms with E-state index in [-0.39, 0.29) is 5.41 Å². The Balaban J connectivity index is 2.35. The van der Waals surface area contributed by atoms with Crippen LogP contribution in [0.5, 0.6) is 0 Å². The lowest BCUT2D eigenvalue weighted by Gasteiger charge is -2.13. The minimum Gasteiger partial charge on any atom is -0.358 e. The fourth-order valence-corrected chi connectivity index (χ4v) is 2.62. The van der Waals surface area contributed by atoms with Gasteiger partial charge in [-0.2, -0.15) is 4.37 Å². The average molecular weight is 269 g/mol. The van der Waals surface area contributed by atoms with Gasteiger partial charge in [0.05, 0.1) is 0 Å². The van der Waals surface area contributed by atoms with Crippen LogP contribution in [0, 0.1) is 0 Å². The molecule has 104 valence electrons. The van der Waals surface area contributed by atoms with E-state index >= 15 is 0 Å². The lowest BCUT2D eigenvalue weighted by molar-refractivity contribution is 0.554. The van der Waals surface area contributed by atoms with Gasteiger partial charge < -0.3 is 5.32 Å². The molecular weight excluding hydrogens is 242 g/mol. The summed E-state index contributed by atoms with van der Waals surface area (Å²) in [7, 11) is 0.